The molecule has 2 N–H and O–H groups in total. The molecular weight excluding hydrogens is 540 g/mol. The SMILES string of the molecule is O=S1(=Nc2ccc(-c3ccc(-c4nc5nc(O[C@@H]6CO[C@H]7[C@@H]6OC[C@H]7O)[nH]c5cc4Cl)cc3)cc2)CCCC1. The van der Waals surface area contributed by atoms with Crippen LogP contribution in [-0.4, -0.2) is 73.4 Å². The highest BCUT2D eigenvalue weighted by Crippen LogP contribution is 2.33. The Morgan fingerprint density at radius 1 is 0.949 bits per heavy atom. The average molecular weight is 567 g/mol. The summed E-state index contributed by atoms with van der Waals surface area (Å²) in [6, 6.07) is 17.9. The van der Waals surface area contributed by atoms with Crippen molar-refractivity contribution in [2.45, 2.75) is 37.3 Å². The number of rotatable bonds is 5. The number of hydrogen-bond acceptors (Lipinski definition) is 8. The molecule has 0 bridgehead atoms. The van der Waals surface area contributed by atoms with Gasteiger partial charge in [0.1, 0.15) is 18.3 Å². The Kier molecular flexibility index (Phi) is 6.32. The Morgan fingerprint density at radius 3 is 2.36 bits per heavy atom. The van der Waals surface area contributed by atoms with Gasteiger partial charge in [0, 0.05) is 17.1 Å². The number of benzene rings is 2. The van der Waals surface area contributed by atoms with E-state index < -0.39 is 15.8 Å². The lowest BCUT2D eigenvalue weighted by Crippen LogP contribution is -2.34. The zero-order valence-electron chi connectivity index (χ0n) is 21.0. The number of ether oxygens (including phenoxy) is 3. The predicted molar refractivity (Wildman–Crippen MR) is 149 cm³/mol. The van der Waals surface area contributed by atoms with Crippen LogP contribution in [0.5, 0.6) is 6.01 Å². The van der Waals surface area contributed by atoms with E-state index in [1.54, 1.807) is 6.07 Å². The van der Waals surface area contributed by atoms with Crippen LogP contribution < -0.4 is 4.74 Å². The molecule has 202 valence electrons. The number of fused-ring (bicyclic) bond motifs is 2. The minimum Gasteiger partial charge on any atom is -0.456 e. The Morgan fingerprint density at radius 2 is 1.62 bits per heavy atom. The molecule has 2 aromatic carbocycles. The molecule has 0 unspecified atom stereocenters. The lowest BCUT2D eigenvalue weighted by molar-refractivity contribution is 0.00706. The summed E-state index contributed by atoms with van der Waals surface area (Å²) >= 11 is 6.61. The van der Waals surface area contributed by atoms with Gasteiger partial charge in [0.25, 0.3) is 6.01 Å². The smallest absolute Gasteiger partial charge is 0.296 e. The highest BCUT2D eigenvalue weighted by atomic mass is 35.5. The summed E-state index contributed by atoms with van der Waals surface area (Å²) in [6.07, 6.45) is 0.260. The molecule has 2 aromatic heterocycles. The van der Waals surface area contributed by atoms with Gasteiger partial charge in [0.2, 0.25) is 0 Å². The maximum atomic E-state index is 12.7. The van der Waals surface area contributed by atoms with Gasteiger partial charge in [-0.25, -0.2) is 9.19 Å². The van der Waals surface area contributed by atoms with Crippen molar-refractivity contribution >= 4 is 38.2 Å². The fraction of sp³-hybridized carbons (Fsp3) is 0.357. The third-order valence-electron chi connectivity index (χ3n) is 7.46. The van der Waals surface area contributed by atoms with Crippen molar-refractivity contribution in [1.82, 2.24) is 15.0 Å². The van der Waals surface area contributed by atoms with Crippen molar-refractivity contribution in [2.24, 2.45) is 4.36 Å². The molecule has 9 nitrogen and oxygen atoms in total. The third-order valence-corrected chi connectivity index (χ3v) is 10.1. The van der Waals surface area contributed by atoms with E-state index in [1.165, 1.54) is 0 Å². The molecule has 0 amide bonds. The highest BCUT2D eigenvalue weighted by molar-refractivity contribution is 7.93. The zero-order chi connectivity index (χ0) is 26.6. The summed E-state index contributed by atoms with van der Waals surface area (Å²) in [5.74, 6) is 1.39. The molecule has 4 atom stereocenters. The van der Waals surface area contributed by atoms with Gasteiger partial charge >= 0.3 is 0 Å². The van der Waals surface area contributed by atoms with E-state index >= 15 is 0 Å². The number of aromatic amines is 1. The van der Waals surface area contributed by atoms with Crippen LogP contribution in [0.15, 0.2) is 59.0 Å². The molecule has 39 heavy (non-hydrogen) atoms. The van der Waals surface area contributed by atoms with Crippen LogP contribution in [0.1, 0.15) is 12.8 Å². The van der Waals surface area contributed by atoms with Gasteiger partial charge in [0.15, 0.2) is 11.8 Å². The molecule has 0 saturated carbocycles. The number of aromatic nitrogens is 3. The van der Waals surface area contributed by atoms with Crippen LogP contribution in [-0.2, 0) is 19.2 Å². The minimum atomic E-state index is -2.08. The summed E-state index contributed by atoms with van der Waals surface area (Å²) < 4.78 is 34.5. The predicted octanol–water partition coefficient (Wildman–Crippen LogP) is 4.74. The van der Waals surface area contributed by atoms with E-state index in [-0.39, 0.29) is 24.9 Å². The summed E-state index contributed by atoms with van der Waals surface area (Å²) in [4.78, 5) is 12.3. The number of pyridine rings is 1. The van der Waals surface area contributed by atoms with Gasteiger partial charge in [-0.2, -0.15) is 9.35 Å². The first-order valence-corrected chi connectivity index (χ1v) is 15.2. The number of hydrogen-bond donors (Lipinski definition) is 2. The fourth-order valence-electron chi connectivity index (χ4n) is 5.42. The number of nitrogens with one attached hydrogen (secondary N) is 1. The van der Waals surface area contributed by atoms with E-state index in [9.17, 15) is 9.32 Å². The first-order valence-electron chi connectivity index (χ1n) is 13.0. The number of imidazole rings is 1. The van der Waals surface area contributed by atoms with Gasteiger partial charge in [-0.05, 0) is 42.2 Å². The van der Waals surface area contributed by atoms with Crippen LogP contribution in [0.3, 0.4) is 0 Å². The van der Waals surface area contributed by atoms with Gasteiger partial charge in [0.05, 0.1) is 44.9 Å². The quantitative estimate of drug-likeness (QED) is 0.358. The normalized spacial score (nSPS) is 25.7. The monoisotopic (exact) mass is 566 g/mol. The van der Waals surface area contributed by atoms with Crippen LogP contribution in [0.2, 0.25) is 5.02 Å². The summed E-state index contributed by atoms with van der Waals surface area (Å²) in [6.45, 7) is 0.547. The highest BCUT2D eigenvalue weighted by Gasteiger charge is 2.48. The van der Waals surface area contributed by atoms with Crippen molar-refractivity contribution in [2.75, 3.05) is 24.7 Å². The summed E-state index contributed by atoms with van der Waals surface area (Å²) in [7, 11) is -2.08. The second-order valence-corrected chi connectivity index (χ2v) is 13.1. The number of aliphatic hydroxyl groups is 1. The van der Waals surface area contributed by atoms with Crippen molar-refractivity contribution in [3.05, 3.63) is 59.6 Å². The van der Waals surface area contributed by atoms with Crippen molar-refractivity contribution in [3.63, 3.8) is 0 Å². The molecule has 11 heteroatoms. The lowest BCUT2D eigenvalue weighted by Gasteiger charge is -2.15. The topological polar surface area (TPSA) is 119 Å². The molecule has 5 heterocycles. The van der Waals surface area contributed by atoms with Crippen molar-refractivity contribution < 1.29 is 23.5 Å². The van der Waals surface area contributed by atoms with Crippen LogP contribution in [0, 0.1) is 0 Å². The number of nitrogens with zero attached hydrogens (tertiary/aromatic N) is 3. The van der Waals surface area contributed by atoms with Crippen molar-refractivity contribution in [1.29, 1.82) is 0 Å². The molecule has 3 aliphatic rings. The molecule has 0 aliphatic carbocycles. The first-order chi connectivity index (χ1) is 18.9. The molecule has 3 saturated heterocycles. The molecule has 0 radical (unpaired) electrons. The van der Waals surface area contributed by atoms with Gasteiger partial charge in [-0.3, -0.25) is 0 Å². The molecule has 3 aliphatic heterocycles. The largest absolute Gasteiger partial charge is 0.456 e. The maximum absolute atomic E-state index is 12.7. The molecule has 7 rings (SSSR count). The van der Waals surface area contributed by atoms with Gasteiger partial charge in [-0.15, -0.1) is 0 Å². The summed E-state index contributed by atoms with van der Waals surface area (Å²) in [5.41, 5.74) is 5.47. The van der Waals surface area contributed by atoms with E-state index in [2.05, 4.69) is 14.3 Å². The Bertz CT molecular complexity index is 1640. The van der Waals surface area contributed by atoms with E-state index in [1.807, 2.05) is 48.5 Å². The Hall–Kier alpha value is -3.02. The molecule has 0 spiro atoms. The van der Waals surface area contributed by atoms with Crippen LogP contribution in [0.4, 0.5) is 5.69 Å². The number of aliphatic hydroxyl groups excluding tert-OH is 1. The maximum Gasteiger partial charge on any atom is 0.296 e. The molecular formula is C28H27ClN4O5S. The third kappa shape index (κ3) is 4.81. The fourth-order valence-corrected chi connectivity index (χ4v) is 7.88. The van der Waals surface area contributed by atoms with E-state index in [0.717, 1.165) is 35.2 Å². The number of halogens is 1. The lowest BCUT2D eigenvalue weighted by atomic mass is 10.0. The Balaban J connectivity index is 1.09. The number of H-pyrrole nitrogens is 1. The Labute approximate surface area is 230 Å². The van der Waals surface area contributed by atoms with Crippen LogP contribution in [0.25, 0.3) is 33.5 Å². The minimum absolute atomic E-state index is 0.235. The van der Waals surface area contributed by atoms with E-state index in [0.29, 0.717) is 46.0 Å². The standard InChI is InChI=1S/C28H27ClN4O5S/c29-20-13-21-27(32-28(30-21)38-23-15-37-25-22(34)14-36-26(23)25)31-24(20)18-5-3-16(4-6-18)17-7-9-19(10-8-17)33-39(35)11-1-2-12-39/h3-10,13,22-23,25-26,34H,1-2,11-12,14-15H2,(H,30,31,32)/t22-,23-,25-,26-/m1/s1. The molecule has 3 fully saturated rings. The van der Waals surface area contributed by atoms with Gasteiger partial charge in [-0.1, -0.05) is 48.0 Å². The zero-order valence-corrected chi connectivity index (χ0v) is 22.5. The second kappa shape index (κ2) is 9.87. The second-order valence-electron chi connectivity index (χ2n) is 10.2. The summed E-state index contributed by atoms with van der Waals surface area (Å²) in [5, 5.41) is 10.4. The molecule has 4 aromatic rings. The first kappa shape index (κ1) is 25.0. The average Bonchev–Trinajstić information content (AvgIpc) is 3.71. The van der Waals surface area contributed by atoms with E-state index in [4.69, 9.17) is 30.8 Å². The van der Waals surface area contributed by atoms with Crippen molar-refractivity contribution in [3.8, 4) is 28.4 Å². The van der Waals surface area contributed by atoms with Gasteiger partial charge < -0.3 is 24.3 Å². The van der Waals surface area contributed by atoms with Crippen LogP contribution >= 0.6 is 11.6 Å².